The third kappa shape index (κ3) is 4.44. The summed E-state index contributed by atoms with van der Waals surface area (Å²) in [6, 6.07) is 14.8. The van der Waals surface area contributed by atoms with Crippen molar-refractivity contribution >= 4 is 17.6 Å². The molecule has 0 aromatic heterocycles. The molecule has 1 saturated heterocycles. The molecular formula is C22H27N3O3. The number of para-hydroxylation sites is 1. The molecule has 6 nitrogen and oxygen atoms in total. The Morgan fingerprint density at radius 3 is 2.61 bits per heavy atom. The number of benzene rings is 2. The molecule has 1 heterocycles. The van der Waals surface area contributed by atoms with Crippen LogP contribution in [0.2, 0.25) is 0 Å². The third-order valence-electron chi connectivity index (χ3n) is 4.93. The number of rotatable bonds is 6. The van der Waals surface area contributed by atoms with Gasteiger partial charge in [-0.25, -0.2) is 4.79 Å². The van der Waals surface area contributed by atoms with E-state index in [2.05, 4.69) is 10.6 Å². The van der Waals surface area contributed by atoms with Crippen molar-refractivity contribution < 1.29 is 14.3 Å². The monoisotopic (exact) mass is 381 g/mol. The summed E-state index contributed by atoms with van der Waals surface area (Å²) in [6.45, 7) is 3.22. The van der Waals surface area contributed by atoms with E-state index in [-0.39, 0.29) is 11.9 Å². The topological polar surface area (TPSA) is 70.7 Å². The van der Waals surface area contributed by atoms with E-state index in [1.165, 1.54) is 0 Å². The molecule has 0 radical (unpaired) electrons. The van der Waals surface area contributed by atoms with Gasteiger partial charge in [-0.15, -0.1) is 0 Å². The molecule has 2 aromatic carbocycles. The Labute approximate surface area is 165 Å². The molecule has 1 fully saturated rings. The van der Waals surface area contributed by atoms with Gasteiger partial charge in [-0.1, -0.05) is 37.3 Å². The van der Waals surface area contributed by atoms with E-state index < -0.39 is 6.04 Å². The number of methoxy groups -OCH3 is 1. The molecule has 28 heavy (non-hydrogen) atoms. The van der Waals surface area contributed by atoms with Crippen LogP contribution in [0.5, 0.6) is 5.75 Å². The summed E-state index contributed by atoms with van der Waals surface area (Å²) in [6.07, 6.45) is 2.37. The number of carbonyl (C=O) groups is 2. The SMILES string of the molecule is CCCNC(=O)N1CCC[C@@H]1C(=O)Nc1ccccc1-c1ccc(OC)cc1. The lowest BCUT2D eigenvalue weighted by Crippen LogP contribution is -2.47. The minimum Gasteiger partial charge on any atom is -0.497 e. The zero-order valence-electron chi connectivity index (χ0n) is 16.4. The van der Waals surface area contributed by atoms with Gasteiger partial charge in [0, 0.05) is 24.3 Å². The predicted molar refractivity (Wildman–Crippen MR) is 110 cm³/mol. The van der Waals surface area contributed by atoms with Crippen LogP contribution >= 0.6 is 0 Å². The summed E-state index contributed by atoms with van der Waals surface area (Å²) < 4.78 is 5.22. The Balaban J connectivity index is 1.76. The van der Waals surface area contributed by atoms with Gasteiger partial charge in [0.1, 0.15) is 11.8 Å². The summed E-state index contributed by atoms with van der Waals surface area (Å²) in [5.41, 5.74) is 2.65. The Kier molecular flexibility index (Phi) is 6.53. The highest BCUT2D eigenvalue weighted by molar-refractivity contribution is 6.00. The molecule has 3 amide bonds. The lowest BCUT2D eigenvalue weighted by molar-refractivity contribution is -0.119. The van der Waals surface area contributed by atoms with E-state index >= 15 is 0 Å². The summed E-state index contributed by atoms with van der Waals surface area (Å²) in [7, 11) is 1.63. The van der Waals surface area contributed by atoms with Crippen molar-refractivity contribution in [2.45, 2.75) is 32.2 Å². The van der Waals surface area contributed by atoms with Crippen LogP contribution in [0, 0.1) is 0 Å². The van der Waals surface area contributed by atoms with E-state index in [4.69, 9.17) is 4.74 Å². The number of urea groups is 1. The number of nitrogens with zero attached hydrogens (tertiary/aromatic N) is 1. The van der Waals surface area contributed by atoms with Gasteiger partial charge in [0.25, 0.3) is 0 Å². The molecule has 1 aliphatic heterocycles. The second kappa shape index (κ2) is 9.26. The number of ether oxygens (including phenoxy) is 1. The fourth-order valence-electron chi connectivity index (χ4n) is 3.45. The first kappa shape index (κ1) is 19.7. The van der Waals surface area contributed by atoms with Crippen molar-refractivity contribution in [1.82, 2.24) is 10.2 Å². The Bertz CT molecular complexity index is 820. The van der Waals surface area contributed by atoms with Crippen molar-refractivity contribution in [3.05, 3.63) is 48.5 Å². The Morgan fingerprint density at radius 1 is 1.14 bits per heavy atom. The first-order valence-corrected chi connectivity index (χ1v) is 9.72. The highest BCUT2D eigenvalue weighted by Crippen LogP contribution is 2.30. The fourth-order valence-corrected chi connectivity index (χ4v) is 3.45. The number of likely N-dealkylation sites (tertiary alicyclic amines) is 1. The van der Waals surface area contributed by atoms with Crippen molar-refractivity contribution in [3.8, 4) is 16.9 Å². The zero-order chi connectivity index (χ0) is 19.9. The molecule has 1 atom stereocenters. The molecule has 0 aliphatic carbocycles. The lowest BCUT2D eigenvalue weighted by atomic mass is 10.0. The summed E-state index contributed by atoms with van der Waals surface area (Å²) >= 11 is 0. The summed E-state index contributed by atoms with van der Waals surface area (Å²) in [5, 5.41) is 5.89. The molecule has 1 aliphatic rings. The Hall–Kier alpha value is -3.02. The number of amides is 3. The summed E-state index contributed by atoms with van der Waals surface area (Å²) in [5.74, 6) is 0.634. The number of hydrogen-bond donors (Lipinski definition) is 2. The van der Waals surface area contributed by atoms with Gasteiger partial charge in [0.15, 0.2) is 0 Å². The Morgan fingerprint density at radius 2 is 1.89 bits per heavy atom. The third-order valence-corrected chi connectivity index (χ3v) is 4.93. The van der Waals surface area contributed by atoms with Gasteiger partial charge in [0.05, 0.1) is 7.11 Å². The zero-order valence-corrected chi connectivity index (χ0v) is 16.4. The quantitative estimate of drug-likeness (QED) is 0.798. The molecule has 148 valence electrons. The van der Waals surface area contributed by atoms with E-state index in [1.807, 2.05) is 55.5 Å². The maximum Gasteiger partial charge on any atom is 0.318 e. The number of carbonyl (C=O) groups excluding carboxylic acids is 2. The van der Waals surface area contributed by atoms with Gasteiger partial charge in [-0.2, -0.15) is 0 Å². The van der Waals surface area contributed by atoms with Crippen LogP contribution in [0.3, 0.4) is 0 Å². The maximum absolute atomic E-state index is 12.9. The molecular weight excluding hydrogens is 354 g/mol. The van der Waals surface area contributed by atoms with Crippen LogP contribution in [0.25, 0.3) is 11.1 Å². The van der Waals surface area contributed by atoms with Crippen LogP contribution in [0.4, 0.5) is 10.5 Å². The van der Waals surface area contributed by atoms with Gasteiger partial charge in [0.2, 0.25) is 5.91 Å². The van der Waals surface area contributed by atoms with E-state index in [1.54, 1.807) is 12.0 Å². The highest BCUT2D eigenvalue weighted by atomic mass is 16.5. The molecule has 3 rings (SSSR count). The normalized spacial score (nSPS) is 15.9. The van der Waals surface area contributed by atoms with Gasteiger partial charge < -0.3 is 20.3 Å². The number of hydrogen-bond acceptors (Lipinski definition) is 3. The summed E-state index contributed by atoms with van der Waals surface area (Å²) in [4.78, 5) is 26.9. The van der Waals surface area contributed by atoms with Gasteiger partial charge >= 0.3 is 6.03 Å². The largest absolute Gasteiger partial charge is 0.497 e. The predicted octanol–water partition coefficient (Wildman–Crippen LogP) is 3.88. The maximum atomic E-state index is 12.9. The minimum atomic E-state index is -0.444. The molecule has 2 aromatic rings. The van der Waals surface area contributed by atoms with E-state index in [9.17, 15) is 9.59 Å². The molecule has 0 saturated carbocycles. The van der Waals surface area contributed by atoms with Crippen molar-refractivity contribution in [1.29, 1.82) is 0 Å². The second-order valence-corrected chi connectivity index (χ2v) is 6.85. The average molecular weight is 381 g/mol. The van der Waals surface area contributed by atoms with Gasteiger partial charge in [-0.05, 0) is 43.0 Å². The molecule has 6 heteroatoms. The molecule has 0 unspecified atom stereocenters. The van der Waals surface area contributed by atoms with Crippen LogP contribution in [-0.4, -0.2) is 43.1 Å². The lowest BCUT2D eigenvalue weighted by Gasteiger charge is -2.24. The minimum absolute atomic E-state index is 0.148. The first-order chi connectivity index (χ1) is 13.6. The fraction of sp³-hybridized carbons (Fsp3) is 0.364. The number of nitrogens with one attached hydrogen (secondary N) is 2. The van der Waals surface area contributed by atoms with Crippen molar-refractivity contribution in [2.75, 3.05) is 25.5 Å². The smallest absolute Gasteiger partial charge is 0.318 e. The van der Waals surface area contributed by atoms with Crippen molar-refractivity contribution in [2.24, 2.45) is 0 Å². The highest BCUT2D eigenvalue weighted by Gasteiger charge is 2.34. The van der Waals surface area contributed by atoms with Crippen LogP contribution < -0.4 is 15.4 Å². The van der Waals surface area contributed by atoms with Crippen LogP contribution in [0.15, 0.2) is 48.5 Å². The van der Waals surface area contributed by atoms with Crippen molar-refractivity contribution in [3.63, 3.8) is 0 Å². The van der Waals surface area contributed by atoms with Crippen LogP contribution in [-0.2, 0) is 4.79 Å². The number of anilines is 1. The molecule has 2 N–H and O–H groups in total. The van der Waals surface area contributed by atoms with E-state index in [0.29, 0.717) is 19.5 Å². The standard InChI is InChI=1S/C22H27N3O3/c1-3-14-23-22(27)25-15-6-9-20(25)21(26)24-19-8-5-4-7-18(19)16-10-12-17(28-2)13-11-16/h4-5,7-8,10-13,20H,3,6,9,14-15H2,1-2H3,(H,23,27)(H,24,26)/t20-/m1/s1. The first-order valence-electron chi connectivity index (χ1n) is 9.72. The van der Waals surface area contributed by atoms with E-state index in [0.717, 1.165) is 35.4 Å². The van der Waals surface area contributed by atoms with Crippen LogP contribution in [0.1, 0.15) is 26.2 Å². The van der Waals surface area contributed by atoms with Gasteiger partial charge in [-0.3, -0.25) is 4.79 Å². The molecule has 0 bridgehead atoms. The molecule has 0 spiro atoms. The average Bonchev–Trinajstić information content (AvgIpc) is 3.23. The second-order valence-electron chi connectivity index (χ2n) is 6.85.